The number of methoxy groups -OCH3 is 3. The molecule has 5 unspecified atom stereocenters. The summed E-state index contributed by atoms with van der Waals surface area (Å²) in [6.45, 7) is 4.30. The minimum Gasteiger partial charge on any atom is -0.454 e. The van der Waals surface area contributed by atoms with E-state index in [2.05, 4.69) is 10.2 Å². The van der Waals surface area contributed by atoms with E-state index in [9.17, 15) is 24.9 Å². The van der Waals surface area contributed by atoms with Crippen molar-refractivity contribution in [1.82, 2.24) is 4.90 Å². The Bertz CT molecular complexity index is 1340. The standard InChI is InChI=1S/C32H44N2O9/c1-6-34-16-28(43-26(36)18-9-7-8-10-20(18)33-17(2)35)12-11-24(41-4)31-22-13-19-21(40-3)14-30(38,32(22,39)25(19)42-5)29(37,27(31)34)15-23(28)31/h7-10,19,21-25,27,37-39H,6,11-16H2,1-5H3,(H,33,35)/t19-,21?,22+,23-,24?,25?,27+,28-,29?,30+,31?,32+/m1/s1. The highest BCUT2D eigenvalue weighted by Gasteiger charge is 2.93. The number of para-hydroxylation sites is 1. The molecule has 12 atom stereocenters. The van der Waals surface area contributed by atoms with Crippen LogP contribution in [0.25, 0.3) is 0 Å². The van der Waals surface area contributed by atoms with Crippen LogP contribution in [0.4, 0.5) is 5.69 Å². The van der Waals surface area contributed by atoms with E-state index in [-0.39, 0.29) is 36.3 Å². The number of likely N-dealkylation sites (tertiary alicyclic amines) is 1. The lowest BCUT2D eigenvalue weighted by molar-refractivity contribution is -0.369. The first-order valence-corrected chi connectivity index (χ1v) is 15.5. The molecular formula is C32H44N2O9. The fraction of sp³-hybridized carbons (Fsp3) is 0.750. The van der Waals surface area contributed by atoms with E-state index in [0.29, 0.717) is 38.0 Å². The molecule has 11 nitrogen and oxygen atoms in total. The van der Waals surface area contributed by atoms with Crippen LogP contribution in [0.3, 0.4) is 0 Å². The molecule has 1 heterocycles. The number of nitrogens with one attached hydrogen (secondary N) is 1. The third-order valence-corrected chi connectivity index (χ3v) is 12.7. The van der Waals surface area contributed by atoms with Crippen LogP contribution < -0.4 is 5.32 Å². The van der Waals surface area contributed by atoms with Crippen LogP contribution in [0, 0.1) is 23.2 Å². The van der Waals surface area contributed by atoms with Crippen molar-refractivity contribution in [2.45, 2.75) is 92.7 Å². The Labute approximate surface area is 251 Å². The maximum Gasteiger partial charge on any atom is 0.340 e. The number of carbonyl (C=O) groups excluding carboxylic acids is 2. The van der Waals surface area contributed by atoms with Crippen LogP contribution in [0.1, 0.15) is 56.3 Å². The van der Waals surface area contributed by atoms with E-state index < -0.39 is 63.9 Å². The molecule has 7 bridgehead atoms. The molecule has 1 aromatic rings. The molecule has 0 radical (unpaired) electrons. The molecule has 5 aliphatic carbocycles. The van der Waals surface area contributed by atoms with Crippen LogP contribution >= 0.6 is 0 Å². The quantitative estimate of drug-likeness (QED) is 0.338. The van der Waals surface area contributed by atoms with Gasteiger partial charge in [0.1, 0.15) is 22.4 Å². The van der Waals surface area contributed by atoms with E-state index in [0.717, 1.165) is 0 Å². The van der Waals surface area contributed by atoms with Gasteiger partial charge < -0.3 is 39.6 Å². The average Bonchev–Trinajstić information content (AvgIpc) is 3.36. The van der Waals surface area contributed by atoms with Gasteiger partial charge in [-0.2, -0.15) is 0 Å². The smallest absolute Gasteiger partial charge is 0.340 e. The van der Waals surface area contributed by atoms with Gasteiger partial charge in [0.15, 0.2) is 0 Å². The van der Waals surface area contributed by atoms with Gasteiger partial charge in [-0.05, 0) is 44.4 Å². The van der Waals surface area contributed by atoms with E-state index in [1.165, 1.54) is 6.92 Å². The number of amides is 1. The number of likely N-dealkylation sites (N-methyl/N-ethyl adjacent to an activating group) is 1. The number of hydrogen-bond acceptors (Lipinski definition) is 10. The number of esters is 1. The summed E-state index contributed by atoms with van der Waals surface area (Å²) in [7, 11) is 4.82. The number of nitrogens with zero attached hydrogens (tertiary/aromatic N) is 1. The Morgan fingerprint density at radius 1 is 1.05 bits per heavy atom. The van der Waals surface area contributed by atoms with E-state index in [4.69, 9.17) is 18.9 Å². The third kappa shape index (κ3) is 3.24. The van der Waals surface area contributed by atoms with Crippen molar-refractivity contribution in [3.63, 3.8) is 0 Å². The largest absolute Gasteiger partial charge is 0.454 e. The van der Waals surface area contributed by atoms with Crippen molar-refractivity contribution in [2.24, 2.45) is 23.2 Å². The molecular weight excluding hydrogens is 556 g/mol. The summed E-state index contributed by atoms with van der Waals surface area (Å²) in [5.74, 6) is -1.97. The second kappa shape index (κ2) is 9.45. The predicted molar refractivity (Wildman–Crippen MR) is 153 cm³/mol. The van der Waals surface area contributed by atoms with Gasteiger partial charge in [0.05, 0.1) is 35.6 Å². The van der Waals surface area contributed by atoms with Crippen LogP contribution in [0.15, 0.2) is 24.3 Å². The SMILES string of the molecule is CCN1C[C@]2(OC(=O)c3ccccc3NC(C)=O)CCC(OC)C34[C@@H]1C(O)(C[C@@H]32)[C@@]1(O)CC(OC)[C@H]2C[C@@H]4[C@]1(O)C2OC. The van der Waals surface area contributed by atoms with Gasteiger partial charge in [-0.3, -0.25) is 9.69 Å². The minimum atomic E-state index is -1.93. The second-order valence-electron chi connectivity index (χ2n) is 13.9. The van der Waals surface area contributed by atoms with Crippen LogP contribution in [-0.2, 0) is 23.7 Å². The Morgan fingerprint density at radius 2 is 1.79 bits per heavy atom. The van der Waals surface area contributed by atoms with Crippen molar-refractivity contribution in [3.8, 4) is 0 Å². The molecule has 4 N–H and O–H groups in total. The number of piperidine rings is 1. The molecule has 0 aromatic heterocycles. The van der Waals surface area contributed by atoms with Crippen LogP contribution in [0.2, 0.25) is 0 Å². The van der Waals surface area contributed by atoms with Crippen LogP contribution in [0.5, 0.6) is 0 Å². The summed E-state index contributed by atoms with van der Waals surface area (Å²) >= 11 is 0. The molecule has 1 aliphatic heterocycles. The first-order valence-electron chi connectivity index (χ1n) is 15.5. The number of ether oxygens (including phenoxy) is 4. The number of benzene rings is 1. The normalized spacial score (nSPS) is 49.1. The van der Waals surface area contributed by atoms with E-state index >= 15 is 0 Å². The van der Waals surface area contributed by atoms with Crippen molar-refractivity contribution in [3.05, 3.63) is 29.8 Å². The van der Waals surface area contributed by atoms with Crippen molar-refractivity contribution in [2.75, 3.05) is 39.7 Å². The lowest BCUT2D eigenvalue weighted by atomic mass is 9.43. The van der Waals surface area contributed by atoms with E-state index in [1.54, 1.807) is 45.6 Å². The number of aliphatic hydroxyl groups is 3. The predicted octanol–water partition coefficient (Wildman–Crippen LogP) is 1.34. The lowest BCUT2D eigenvalue weighted by Crippen LogP contribution is -2.87. The van der Waals surface area contributed by atoms with Crippen molar-refractivity contribution >= 4 is 17.6 Å². The molecule has 1 amide bonds. The number of anilines is 1. The number of carbonyl (C=O) groups is 2. The fourth-order valence-electron chi connectivity index (χ4n) is 11.6. The molecule has 236 valence electrons. The summed E-state index contributed by atoms with van der Waals surface area (Å²) in [5, 5.41) is 41.5. The van der Waals surface area contributed by atoms with Gasteiger partial charge >= 0.3 is 5.97 Å². The molecule has 1 saturated heterocycles. The zero-order valence-corrected chi connectivity index (χ0v) is 25.5. The summed E-state index contributed by atoms with van der Waals surface area (Å²) in [4.78, 5) is 28.1. The summed E-state index contributed by atoms with van der Waals surface area (Å²) in [6, 6.07) is 6.23. The number of rotatable bonds is 7. The Hall–Kier alpha value is -2.12. The van der Waals surface area contributed by atoms with Gasteiger partial charge in [0, 0.05) is 64.4 Å². The highest BCUT2D eigenvalue weighted by atomic mass is 16.6. The first-order chi connectivity index (χ1) is 20.4. The minimum absolute atomic E-state index is 0.0723. The molecule has 1 aromatic carbocycles. The van der Waals surface area contributed by atoms with Gasteiger partial charge in [-0.15, -0.1) is 0 Å². The van der Waals surface area contributed by atoms with Gasteiger partial charge in [-0.25, -0.2) is 4.79 Å². The second-order valence-corrected chi connectivity index (χ2v) is 13.9. The monoisotopic (exact) mass is 600 g/mol. The summed E-state index contributed by atoms with van der Waals surface area (Å²) < 4.78 is 24.8. The maximum absolute atomic E-state index is 14.0. The molecule has 43 heavy (non-hydrogen) atoms. The average molecular weight is 601 g/mol. The Morgan fingerprint density at radius 3 is 2.44 bits per heavy atom. The molecule has 7 rings (SSSR count). The van der Waals surface area contributed by atoms with Gasteiger partial charge in [-0.1, -0.05) is 19.1 Å². The number of fused-ring (bicyclic) bond motifs is 2. The zero-order chi connectivity index (χ0) is 30.7. The summed E-state index contributed by atoms with van der Waals surface area (Å²) in [5.41, 5.74) is -6.72. The van der Waals surface area contributed by atoms with Gasteiger partial charge in [0.2, 0.25) is 5.91 Å². The lowest BCUT2D eigenvalue weighted by Gasteiger charge is -2.71. The molecule has 11 heteroatoms. The fourth-order valence-corrected chi connectivity index (χ4v) is 11.6. The molecule has 5 saturated carbocycles. The van der Waals surface area contributed by atoms with Gasteiger partial charge in [0.25, 0.3) is 0 Å². The Kier molecular flexibility index (Phi) is 6.50. The van der Waals surface area contributed by atoms with Crippen LogP contribution in [-0.4, -0.2) is 113 Å². The topological polar surface area (TPSA) is 147 Å². The first kappa shape index (κ1) is 29.6. The third-order valence-electron chi connectivity index (χ3n) is 12.7. The highest BCUT2D eigenvalue weighted by molar-refractivity contribution is 6.00. The molecule has 6 fully saturated rings. The van der Waals surface area contributed by atoms with Crippen molar-refractivity contribution < 1.29 is 43.9 Å². The number of hydrogen-bond donors (Lipinski definition) is 4. The molecule has 1 spiro atoms. The van der Waals surface area contributed by atoms with E-state index in [1.807, 2.05) is 6.92 Å². The Balaban J connectivity index is 1.41. The summed E-state index contributed by atoms with van der Waals surface area (Å²) in [6.07, 6.45) is 0.245. The maximum atomic E-state index is 14.0. The zero-order valence-electron chi connectivity index (χ0n) is 25.5. The van der Waals surface area contributed by atoms with Crippen molar-refractivity contribution in [1.29, 1.82) is 0 Å². The highest BCUT2D eigenvalue weighted by Crippen LogP contribution is 2.80. The molecule has 6 aliphatic rings.